The molecule has 2 aromatic heterocycles. The van der Waals surface area contributed by atoms with Crippen LogP contribution in [-0.2, 0) is 11.2 Å². The van der Waals surface area contributed by atoms with Crippen molar-refractivity contribution in [3.05, 3.63) is 40.7 Å². The fourth-order valence-electron chi connectivity index (χ4n) is 4.01. The van der Waals surface area contributed by atoms with E-state index < -0.39 is 11.9 Å². The number of fused-ring (bicyclic) bond motifs is 1. The van der Waals surface area contributed by atoms with Crippen LogP contribution in [0.1, 0.15) is 47.6 Å². The van der Waals surface area contributed by atoms with Crippen LogP contribution >= 0.6 is 11.3 Å². The zero-order chi connectivity index (χ0) is 24.2. The third-order valence-electron chi connectivity index (χ3n) is 5.53. The number of carbonyl (C=O) groups is 2. The number of nitrogens with zero attached hydrogens (tertiary/aromatic N) is 4. The largest absolute Gasteiger partial charge is 0.481 e. The molecule has 4 rings (SSSR count). The number of aliphatic imine (C=N–C) groups is 1. The number of nitrogens with one attached hydrogen (secondary N) is 2. The Labute approximate surface area is 199 Å². The average Bonchev–Trinajstić information content (AvgIpc) is 3.20. The lowest BCUT2D eigenvalue weighted by Gasteiger charge is -2.30. The number of benzene rings is 1. The van der Waals surface area contributed by atoms with Gasteiger partial charge in [-0.2, -0.15) is 0 Å². The van der Waals surface area contributed by atoms with Crippen LogP contribution in [0.2, 0.25) is 0 Å². The van der Waals surface area contributed by atoms with Gasteiger partial charge in [0.05, 0.1) is 29.7 Å². The van der Waals surface area contributed by atoms with Gasteiger partial charge in [-0.15, -0.1) is 11.3 Å². The number of nitrogens with two attached hydrogens (primary N) is 2. The predicted octanol–water partition coefficient (Wildman–Crippen LogP) is 2.27. The molecule has 12 heteroatoms. The Balaban J connectivity index is 1.64. The highest BCUT2D eigenvalue weighted by Crippen LogP contribution is 2.28. The molecule has 0 radical (unpaired) electrons. The minimum absolute atomic E-state index is 0.0250. The van der Waals surface area contributed by atoms with E-state index in [1.54, 1.807) is 5.38 Å². The molecule has 2 atom stereocenters. The molecular weight excluding hydrogens is 456 g/mol. The number of carbonyl (C=O) groups excluding carboxylic acids is 1. The number of aryl methyl sites for hydroxylation is 1. The molecule has 1 fully saturated rings. The van der Waals surface area contributed by atoms with E-state index in [4.69, 9.17) is 16.6 Å². The Hall–Kier alpha value is -3.80. The van der Waals surface area contributed by atoms with E-state index in [2.05, 4.69) is 30.6 Å². The van der Waals surface area contributed by atoms with Crippen molar-refractivity contribution in [2.24, 2.45) is 16.5 Å². The van der Waals surface area contributed by atoms with Crippen LogP contribution in [0.3, 0.4) is 0 Å². The van der Waals surface area contributed by atoms with Crippen molar-refractivity contribution in [2.45, 2.75) is 51.1 Å². The third-order valence-corrected chi connectivity index (χ3v) is 6.33. The van der Waals surface area contributed by atoms with Gasteiger partial charge in [-0.3, -0.25) is 14.9 Å². The van der Waals surface area contributed by atoms with Gasteiger partial charge in [0, 0.05) is 10.8 Å². The second kappa shape index (κ2) is 10.00. The van der Waals surface area contributed by atoms with Gasteiger partial charge in [-0.1, -0.05) is 24.5 Å². The van der Waals surface area contributed by atoms with Crippen LogP contribution in [0.5, 0.6) is 0 Å². The number of anilines is 2. The summed E-state index contributed by atoms with van der Waals surface area (Å²) in [6.45, 7) is 1.98. The number of aliphatic carboxylic acids is 1. The van der Waals surface area contributed by atoms with Gasteiger partial charge in [0.1, 0.15) is 5.82 Å². The van der Waals surface area contributed by atoms with E-state index in [0.717, 1.165) is 48.0 Å². The second-order valence-electron chi connectivity index (χ2n) is 8.24. The van der Waals surface area contributed by atoms with Crippen LogP contribution in [0.25, 0.3) is 10.9 Å². The zero-order valence-corrected chi connectivity index (χ0v) is 19.4. The highest BCUT2D eigenvalue weighted by molar-refractivity contribution is 7.14. The lowest BCUT2D eigenvalue weighted by Crippen LogP contribution is -2.38. The Morgan fingerprint density at radius 2 is 2.00 bits per heavy atom. The molecule has 0 saturated heterocycles. The summed E-state index contributed by atoms with van der Waals surface area (Å²) in [5.74, 6) is -0.969. The first-order chi connectivity index (χ1) is 16.3. The summed E-state index contributed by atoms with van der Waals surface area (Å²) in [5, 5.41) is 17.7. The summed E-state index contributed by atoms with van der Waals surface area (Å²) in [6.07, 6.45) is 3.57. The molecular formula is C22H26N8O3S. The van der Waals surface area contributed by atoms with Crippen molar-refractivity contribution >= 4 is 51.0 Å². The van der Waals surface area contributed by atoms with Gasteiger partial charge in [-0.25, -0.2) is 19.9 Å². The van der Waals surface area contributed by atoms with Crippen molar-refractivity contribution in [1.29, 1.82) is 0 Å². The standard InChI is InChI=1S/C22H26N8O3S/c1-11-6-7-14-13(8-11)18(27-15-4-2-3-5-16(15)28-21(23)24)29-19(26-14)20(33)30-22-25-12(10-34-22)9-17(31)32/h6-8,10,15-16H,2-5,9H2,1H3,(H,31,32)(H4,23,24,28)(H,25,30,33)(H,26,27,29). The van der Waals surface area contributed by atoms with Gasteiger partial charge in [0.15, 0.2) is 11.1 Å². The molecule has 34 heavy (non-hydrogen) atoms. The van der Waals surface area contributed by atoms with Crippen molar-refractivity contribution in [3.63, 3.8) is 0 Å². The number of rotatable bonds is 7. The van der Waals surface area contributed by atoms with E-state index in [9.17, 15) is 9.59 Å². The maximum Gasteiger partial charge on any atom is 0.309 e. The van der Waals surface area contributed by atoms with Crippen molar-refractivity contribution < 1.29 is 14.7 Å². The Kier molecular flexibility index (Phi) is 6.87. The molecule has 178 valence electrons. The number of hydrogen-bond acceptors (Lipinski definition) is 8. The summed E-state index contributed by atoms with van der Waals surface area (Å²) in [7, 11) is 0. The summed E-state index contributed by atoms with van der Waals surface area (Å²) in [5.41, 5.74) is 13.3. The van der Waals surface area contributed by atoms with Gasteiger partial charge < -0.3 is 21.9 Å². The fraction of sp³-hybridized carbons (Fsp3) is 0.364. The Morgan fingerprint density at radius 1 is 1.21 bits per heavy atom. The summed E-state index contributed by atoms with van der Waals surface area (Å²) in [6, 6.07) is 5.60. The fourth-order valence-corrected chi connectivity index (χ4v) is 4.71. The Morgan fingerprint density at radius 3 is 2.76 bits per heavy atom. The number of carboxylic acid groups (broad SMARTS) is 1. The van der Waals surface area contributed by atoms with Gasteiger partial charge in [-0.05, 0) is 31.9 Å². The molecule has 2 unspecified atom stereocenters. The first-order valence-corrected chi connectivity index (χ1v) is 11.8. The molecule has 1 aliphatic carbocycles. The minimum Gasteiger partial charge on any atom is -0.481 e. The molecule has 0 spiro atoms. The van der Waals surface area contributed by atoms with Crippen molar-refractivity contribution in [3.8, 4) is 0 Å². The number of guanidine groups is 1. The average molecular weight is 483 g/mol. The van der Waals surface area contributed by atoms with Crippen LogP contribution in [0, 0.1) is 6.92 Å². The van der Waals surface area contributed by atoms with Crippen LogP contribution in [-0.4, -0.2) is 50.0 Å². The van der Waals surface area contributed by atoms with Crippen LogP contribution in [0.4, 0.5) is 10.9 Å². The SMILES string of the molecule is Cc1ccc2nc(C(=O)Nc3nc(CC(=O)O)cs3)nc(NC3CCCCC3N=C(N)N)c2c1. The highest BCUT2D eigenvalue weighted by Gasteiger charge is 2.26. The molecule has 7 N–H and O–H groups in total. The van der Waals surface area contributed by atoms with Crippen molar-refractivity contribution in [2.75, 3.05) is 10.6 Å². The van der Waals surface area contributed by atoms with E-state index in [0.29, 0.717) is 17.0 Å². The maximum absolute atomic E-state index is 12.9. The van der Waals surface area contributed by atoms with E-state index in [-0.39, 0.29) is 35.4 Å². The van der Waals surface area contributed by atoms with Crippen LogP contribution in [0.15, 0.2) is 28.6 Å². The monoisotopic (exact) mass is 482 g/mol. The smallest absolute Gasteiger partial charge is 0.309 e. The van der Waals surface area contributed by atoms with Gasteiger partial charge in [0.25, 0.3) is 5.91 Å². The minimum atomic E-state index is -0.992. The molecule has 1 aromatic carbocycles. The second-order valence-corrected chi connectivity index (χ2v) is 9.10. The lowest BCUT2D eigenvalue weighted by molar-refractivity contribution is -0.136. The molecule has 3 aromatic rings. The van der Waals surface area contributed by atoms with Gasteiger partial charge >= 0.3 is 5.97 Å². The number of hydrogen-bond donors (Lipinski definition) is 5. The number of aromatic nitrogens is 3. The quantitative estimate of drug-likeness (QED) is 0.249. The van der Waals surface area contributed by atoms with E-state index in [1.807, 2.05) is 25.1 Å². The molecule has 1 amide bonds. The normalized spacial score (nSPS) is 17.8. The first kappa shape index (κ1) is 23.4. The van der Waals surface area contributed by atoms with E-state index >= 15 is 0 Å². The molecule has 0 aliphatic heterocycles. The number of thiazole rings is 1. The maximum atomic E-state index is 12.9. The van der Waals surface area contributed by atoms with E-state index in [1.165, 1.54) is 0 Å². The summed E-state index contributed by atoms with van der Waals surface area (Å²) < 4.78 is 0. The van der Waals surface area contributed by atoms with Crippen molar-refractivity contribution in [1.82, 2.24) is 15.0 Å². The van der Waals surface area contributed by atoms with Crippen LogP contribution < -0.4 is 22.1 Å². The number of carboxylic acids is 1. The Bertz CT molecular complexity index is 1250. The highest BCUT2D eigenvalue weighted by atomic mass is 32.1. The lowest BCUT2D eigenvalue weighted by atomic mass is 9.90. The molecule has 11 nitrogen and oxygen atoms in total. The molecule has 0 bridgehead atoms. The summed E-state index contributed by atoms with van der Waals surface area (Å²) in [4.78, 5) is 41.3. The first-order valence-electron chi connectivity index (χ1n) is 10.9. The molecule has 1 aliphatic rings. The summed E-state index contributed by atoms with van der Waals surface area (Å²) >= 11 is 1.14. The predicted molar refractivity (Wildman–Crippen MR) is 131 cm³/mol. The molecule has 2 heterocycles. The topological polar surface area (TPSA) is 182 Å². The van der Waals surface area contributed by atoms with Gasteiger partial charge in [0.2, 0.25) is 5.82 Å². The third kappa shape index (κ3) is 5.57. The number of amides is 1. The molecule has 1 saturated carbocycles. The zero-order valence-electron chi connectivity index (χ0n) is 18.6.